The average Bonchev–Trinajstić information content (AvgIpc) is 2.26. The van der Waals surface area contributed by atoms with Gasteiger partial charge in [-0.15, -0.1) is 0 Å². The van der Waals surface area contributed by atoms with Crippen molar-refractivity contribution in [3.8, 4) is 0 Å². The van der Waals surface area contributed by atoms with Crippen molar-refractivity contribution in [2.45, 2.75) is 31.8 Å². The maximum atomic E-state index is 11.4. The van der Waals surface area contributed by atoms with Crippen molar-refractivity contribution in [3.05, 3.63) is 0 Å². The third kappa shape index (κ3) is 3.66. The number of carboxylic acid groups (broad SMARTS) is 1. The molecule has 1 fully saturated rings. The van der Waals surface area contributed by atoms with Gasteiger partial charge in [0.1, 0.15) is 5.54 Å². The number of sulfone groups is 1. The molecule has 0 aliphatic carbocycles. The molecule has 106 valence electrons. The van der Waals surface area contributed by atoms with Crippen LogP contribution in [-0.2, 0) is 14.6 Å². The van der Waals surface area contributed by atoms with Crippen LogP contribution in [0.1, 0.15) is 20.3 Å². The minimum absolute atomic E-state index is 0.0429. The monoisotopic (exact) mass is 278 g/mol. The molecule has 0 radical (unpaired) electrons. The van der Waals surface area contributed by atoms with E-state index in [0.717, 1.165) is 0 Å². The molecule has 1 aliphatic rings. The lowest BCUT2D eigenvalue weighted by molar-refractivity contribution is -0.144. The van der Waals surface area contributed by atoms with Crippen molar-refractivity contribution >= 4 is 15.8 Å². The van der Waals surface area contributed by atoms with Gasteiger partial charge in [-0.1, -0.05) is 0 Å². The third-order valence-corrected chi connectivity index (χ3v) is 5.53. The van der Waals surface area contributed by atoms with E-state index in [0.29, 0.717) is 19.5 Å². The van der Waals surface area contributed by atoms with Gasteiger partial charge < -0.3 is 10.4 Å². The summed E-state index contributed by atoms with van der Waals surface area (Å²) in [5, 5.41) is 11.9. The summed E-state index contributed by atoms with van der Waals surface area (Å²) in [5.74, 6) is -0.556. The van der Waals surface area contributed by atoms with Crippen molar-refractivity contribution in [1.29, 1.82) is 0 Å². The molecule has 0 spiro atoms. The molecule has 0 aromatic carbocycles. The number of nitrogens with zero attached hydrogens (tertiary/aromatic N) is 1. The van der Waals surface area contributed by atoms with Crippen LogP contribution in [0.25, 0.3) is 0 Å². The van der Waals surface area contributed by atoms with Gasteiger partial charge in [-0.2, -0.15) is 0 Å². The van der Waals surface area contributed by atoms with Gasteiger partial charge in [-0.05, 0) is 27.3 Å². The van der Waals surface area contributed by atoms with Crippen molar-refractivity contribution < 1.29 is 18.3 Å². The highest BCUT2D eigenvalue weighted by Crippen LogP contribution is 2.16. The molecule has 2 unspecified atom stereocenters. The highest BCUT2D eigenvalue weighted by Gasteiger charge is 2.34. The van der Waals surface area contributed by atoms with E-state index in [4.69, 9.17) is 5.11 Å². The van der Waals surface area contributed by atoms with E-state index in [-0.39, 0.29) is 17.5 Å². The lowest BCUT2D eigenvalue weighted by Crippen LogP contribution is -2.53. The Kier molecular flexibility index (Phi) is 4.74. The lowest BCUT2D eigenvalue weighted by atomic mass is 9.98. The van der Waals surface area contributed by atoms with Gasteiger partial charge in [0.05, 0.1) is 11.5 Å². The standard InChI is InChI=1S/C11H22N2O4S/c1-9-8-18(16,17)7-6-13(9)5-4-11(2,12-3)10(14)15/h9,12H,4-8H2,1-3H3,(H,14,15). The molecular weight excluding hydrogens is 256 g/mol. The van der Waals surface area contributed by atoms with Crippen LogP contribution in [0.2, 0.25) is 0 Å². The van der Waals surface area contributed by atoms with E-state index >= 15 is 0 Å². The number of hydrogen-bond acceptors (Lipinski definition) is 5. The number of likely N-dealkylation sites (N-methyl/N-ethyl adjacent to an activating group) is 1. The van der Waals surface area contributed by atoms with Crippen LogP contribution in [0, 0.1) is 0 Å². The Bertz CT molecular complexity index is 409. The quantitative estimate of drug-likeness (QED) is 0.709. The summed E-state index contributed by atoms with van der Waals surface area (Å²) in [6.45, 7) is 4.58. The van der Waals surface area contributed by atoms with Crippen molar-refractivity contribution in [2.24, 2.45) is 0 Å². The molecule has 1 saturated heterocycles. The summed E-state index contributed by atoms with van der Waals surface area (Å²) in [6.07, 6.45) is 0.448. The van der Waals surface area contributed by atoms with Crippen LogP contribution in [0.5, 0.6) is 0 Å². The first-order chi connectivity index (χ1) is 8.20. The summed E-state index contributed by atoms with van der Waals surface area (Å²) in [5.41, 5.74) is -0.962. The van der Waals surface area contributed by atoms with E-state index in [1.165, 1.54) is 0 Å². The predicted octanol–water partition coefficient (Wildman–Crippen LogP) is -0.442. The lowest BCUT2D eigenvalue weighted by Gasteiger charge is -2.35. The average molecular weight is 278 g/mol. The third-order valence-electron chi connectivity index (χ3n) is 3.73. The molecule has 2 atom stereocenters. The number of rotatable bonds is 5. The summed E-state index contributed by atoms with van der Waals surface area (Å²) < 4.78 is 22.9. The Labute approximate surface area is 108 Å². The number of carboxylic acids is 1. The normalized spacial score (nSPS) is 27.6. The molecule has 0 aromatic rings. The summed E-state index contributed by atoms with van der Waals surface area (Å²) in [4.78, 5) is 13.2. The van der Waals surface area contributed by atoms with Crippen LogP contribution in [0.3, 0.4) is 0 Å². The Balaban J connectivity index is 2.57. The van der Waals surface area contributed by atoms with Gasteiger partial charge in [0.15, 0.2) is 9.84 Å². The summed E-state index contributed by atoms with van der Waals surface area (Å²) in [6, 6.07) is -0.0429. The summed E-state index contributed by atoms with van der Waals surface area (Å²) in [7, 11) is -1.29. The molecular formula is C11H22N2O4S. The SMILES string of the molecule is CNC(C)(CCN1CCS(=O)(=O)CC1C)C(=O)O. The molecule has 0 amide bonds. The highest BCUT2D eigenvalue weighted by atomic mass is 32.2. The highest BCUT2D eigenvalue weighted by molar-refractivity contribution is 7.91. The Hall–Kier alpha value is -0.660. The van der Waals surface area contributed by atoms with E-state index in [1.54, 1.807) is 14.0 Å². The minimum Gasteiger partial charge on any atom is -0.480 e. The molecule has 0 aromatic heterocycles. The Morgan fingerprint density at radius 1 is 1.56 bits per heavy atom. The molecule has 1 heterocycles. The molecule has 0 saturated carbocycles. The first kappa shape index (κ1) is 15.4. The fourth-order valence-electron chi connectivity index (χ4n) is 2.07. The molecule has 1 rings (SSSR count). The van der Waals surface area contributed by atoms with E-state index in [1.807, 2.05) is 11.8 Å². The molecule has 7 heteroatoms. The zero-order valence-electron chi connectivity index (χ0n) is 11.1. The molecule has 6 nitrogen and oxygen atoms in total. The molecule has 2 N–H and O–H groups in total. The van der Waals surface area contributed by atoms with Gasteiger partial charge in [0, 0.05) is 19.1 Å². The van der Waals surface area contributed by atoms with Gasteiger partial charge in [0.2, 0.25) is 0 Å². The largest absolute Gasteiger partial charge is 0.480 e. The number of carbonyl (C=O) groups is 1. The fraction of sp³-hybridized carbons (Fsp3) is 0.909. The summed E-state index contributed by atoms with van der Waals surface area (Å²) >= 11 is 0. The van der Waals surface area contributed by atoms with Crippen LogP contribution < -0.4 is 5.32 Å². The zero-order chi connectivity index (χ0) is 14.0. The van der Waals surface area contributed by atoms with Gasteiger partial charge in [0.25, 0.3) is 0 Å². The van der Waals surface area contributed by atoms with Crippen LogP contribution in [0.15, 0.2) is 0 Å². The first-order valence-corrected chi connectivity index (χ1v) is 7.89. The number of hydrogen-bond donors (Lipinski definition) is 2. The van der Waals surface area contributed by atoms with E-state index in [9.17, 15) is 13.2 Å². The van der Waals surface area contributed by atoms with Crippen molar-refractivity contribution in [2.75, 3.05) is 31.6 Å². The smallest absolute Gasteiger partial charge is 0.323 e. The molecule has 18 heavy (non-hydrogen) atoms. The van der Waals surface area contributed by atoms with Gasteiger partial charge in [-0.25, -0.2) is 8.42 Å². The Morgan fingerprint density at radius 2 is 2.17 bits per heavy atom. The van der Waals surface area contributed by atoms with Crippen LogP contribution >= 0.6 is 0 Å². The molecule has 0 bridgehead atoms. The van der Waals surface area contributed by atoms with Gasteiger partial charge in [-0.3, -0.25) is 9.69 Å². The Morgan fingerprint density at radius 3 is 2.61 bits per heavy atom. The zero-order valence-corrected chi connectivity index (χ0v) is 12.0. The number of nitrogens with one attached hydrogen (secondary N) is 1. The maximum absolute atomic E-state index is 11.4. The van der Waals surface area contributed by atoms with Crippen molar-refractivity contribution in [3.63, 3.8) is 0 Å². The predicted molar refractivity (Wildman–Crippen MR) is 69.4 cm³/mol. The fourth-order valence-corrected chi connectivity index (χ4v) is 3.70. The topological polar surface area (TPSA) is 86.7 Å². The maximum Gasteiger partial charge on any atom is 0.323 e. The van der Waals surface area contributed by atoms with E-state index in [2.05, 4.69) is 5.32 Å². The first-order valence-electron chi connectivity index (χ1n) is 6.07. The second kappa shape index (κ2) is 5.54. The second-order valence-corrected chi connectivity index (χ2v) is 7.37. The van der Waals surface area contributed by atoms with E-state index < -0.39 is 21.3 Å². The van der Waals surface area contributed by atoms with Gasteiger partial charge >= 0.3 is 5.97 Å². The second-order valence-electron chi connectivity index (χ2n) is 5.14. The van der Waals surface area contributed by atoms with Crippen LogP contribution in [-0.4, -0.2) is 67.6 Å². The number of aliphatic carboxylic acids is 1. The molecule has 1 aliphatic heterocycles. The van der Waals surface area contributed by atoms with Crippen molar-refractivity contribution in [1.82, 2.24) is 10.2 Å². The minimum atomic E-state index is -2.91. The van der Waals surface area contributed by atoms with Crippen LogP contribution in [0.4, 0.5) is 0 Å².